The lowest BCUT2D eigenvalue weighted by molar-refractivity contribution is -0.122. The Kier molecular flexibility index (Phi) is 5.97. The van der Waals surface area contributed by atoms with Crippen molar-refractivity contribution in [2.24, 2.45) is 17.8 Å². The molecule has 3 fully saturated rings. The minimum absolute atomic E-state index is 0.0677. The van der Waals surface area contributed by atoms with E-state index in [9.17, 15) is 4.79 Å². The Morgan fingerprint density at radius 2 is 1.87 bits per heavy atom. The Labute approximate surface area is 141 Å². The van der Waals surface area contributed by atoms with Crippen LogP contribution in [0.4, 0.5) is 0 Å². The van der Waals surface area contributed by atoms with Crippen LogP contribution in [0.25, 0.3) is 0 Å². The molecule has 5 unspecified atom stereocenters. The Morgan fingerprint density at radius 3 is 2.61 bits per heavy atom. The molecule has 1 amide bonds. The van der Waals surface area contributed by atoms with E-state index in [-0.39, 0.29) is 11.9 Å². The zero-order valence-electron chi connectivity index (χ0n) is 15.0. The second kappa shape index (κ2) is 7.98. The van der Waals surface area contributed by atoms with Crippen LogP contribution in [0.2, 0.25) is 0 Å². The lowest BCUT2D eigenvalue weighted by Gasteiger charge is -2.34. The normalized spacial score (nSPS) is 38.3. The summed E-state index contributed by atoms with van der Waals surface area (Å²) in [6.45, 7) is 9.12. The van der Waals surface area contributed by atoms with Gasteiger partial charge < -0.3 is 15.5 Å². The molecule has 132 valence electrons. The van der Waals surface area contributed by atoms with Gasteiger partial charge in [0.2, 0.25) is 5.91 Å². The summed E-state index contributed by atoms with van der Waals surface area (Å²) in [5, 5.41) is 6.74. The van der Waals surface area contributed by atoms with Gasteiger partial charge in [0.1, 0.15) is 0 Å². The van der Waals surface area contributed by atoms with Crippen molar-refractivity contribution in [3.8, 4) is 0 Å². The molecule has 2 saturated heterocycles. The molecular formula is C19H35N3O. The molecule has 3 aliphatic rings. The fourth-order valence-electron chi connectivity index (χ4n) is 5.13. The van der Waals surface area contributed by atoms with Gasteiger partial charge in [-0.3, -0.25) is 4.79 Å². The fraction of sp³-hybridized carbons (Fsp3) is 0.947. The van der Waals surface area contributed by atoms with Crippen LogP contribution in [0, 0.1) is 17.8 Å². The number of piperidine rings is 1. The Morgan fingerprint density at radius 1 is 1.13 bits per heavy atom. The van der Waals surface area contributed by atoms with Gasteiger partial charge in [0.05, 0.1) is 6.04 Å². The molecule has 0 aromatic heterocycles. The van der Waals surface area contributed by atoms with Crippen LogP contribution < -0.4 is 10.6 Å². The molecule has 4 heteroatoms. The van der Waals surface area contributed by atoms with Crippen LogP contribution in [-0.4, -0.2) is 49.1 Å². The van der Waals surface area contributed by atoms with Crippen LogP contribution >= 0.6 is 0 Å². The first-order valence-electron chi connectivity index (χ1n) is 9.88. The number of nitrogens with one attached hydrogen (secondary N) is 2. The molecule has 0 spiro atoms. The van der Waals surface area contributed by atoms with Crippen LogP contribution in [-0.2, 0) is 4.79 Å². The van der Waals surface area contributed by atoms with E-state index in [1.807, 2.05) is 0 Å². The number of rotatable bonds is 5. The van der Waals surface area contributed by atoms with E-state index >= 15 is 0 Å². The highest BCUT2D eigenvalue weighted by atomic mass is 16.2. The molecule has 2 heterocycles. The molecular weight excluding hydrogens is 286 g/mol. The predicted molar refractivity (Wildman–Crippen MR) is 94.3 cm³/mol. The second-order valence-electron chi connectivity index (χ2n) is 8.46. The van der Waals surface area contributed by atoms with Gasteiger partial charge in [0.25, 0.3) is 0 Å². The highest BCUT2D eigenvalue weighted by molar-refractivity contribution is 5.82. The van der Waals surface area contributed by atoms with Crippen molar-refractivity contribution in [2.75, 3.05) is 26.2 Å². The highest BCUT2D eigenvalue weighted by Gasteiger charge is 2.37. The number of nitrogens with zero attached hydrogens (tertiary/aromatic N) is 1. The summed E-state index contributed by atoms with van der Waals surface area (Å²) >= 11 is 0. The molecule has 0 bridgehead atoms. The average molecular weight is 322 g/mol. The summed E-state index contributed by atoms with van der Waals surface area (Å²) in [6, 6.07) is 0.675. The average Bonchev–Trinajstić information content (AvgIpc) is 2.94. The molecule has 23 heavy (non-hydrogen) atoms. The van der Waals surface area contributed by atoms with Gasteiger partial charge >= 0.3 is 0 Å². The number of amides is 1. The molecule has 3 rings (SSSR count). The van der Waals surface area contributed by atoms with Gasteiger partial charge in [-0.25, -0.2) is 0 Å². The molecule has 1 aliphatic carbocycles. The maximum Gasteiger partial charge on any atom is 0.237 e. The Bertz CT molecular complexity index is 376. The van der Waals surface area contributed by atoms with Crippen molar-refractivity contribution >= 4 is 5.91 Å². The third-order valence-electron chi connectivity index (χ3n) is 6.07. The minimum atomic E-state index is 0.0677. The summed E-state index contributed by atoms with van der Waals surface area (Å²) in [5.74, 6) is 2.62. The zero-order valence-corrected chi connectivity index (χ0v) is 15.0. The van der Waals surface area contributed by atoms with Gasteiger partial charge in [-0.1, -0.05) is 26.7 Å². The van der Waals surface area contributed by atoms with Crippen molar-refractivity contribution in [1.29, 1.82) is 0 Å². The third kappa shape index (κ3) is 4.69. The van der Waals surface area contributed by atoms with Crippen molar-refractivity contribution in [2.45, 2.75) is 70.9 Å². The lowest BCUT2D eigenvalue weighted by Crippen LogP contribution is -2.44. The SMILES string of the molecule is CC1CC(C)CN(CCCNC(=O)C2CC3CCCCC3N2)C1. The number of fused-ring (bicyclic) bond motifs is 1. The standard InChI is InChI=1S/C19H35N3O/c1-14-10-15(2)13-22(12-14)9-5-8-20-19(23)18-11-16-6-3-4-7-17(16)21-18/h14-18,21H,3-13H2,1-2H3,(H,20,23). The van der Waals surface area contributed by atoms with E-state index in [0.717, 1.165) is 43.7 Å². The first-order chi connectivity index (χ1) is 11.1. The van der Waals surface area contributed by atoms with E-state index in [0.29, 0.717) is 6.04 Å². The second-order valence-corrected chi connectivity index (χ2v) is 8.46. The molecule has 4 nitrogen and oxygen atoms in total. The summed E-state index contributed by atoms with van der Waals surface area (Å²) in [5.41, 5.74) is 0. The maximum atomic E-state index is 12.4. The van der Waals surface area contributed by atoms with Gasteiger partial charge in [0.15, 0.2) is 0 Å². The smallest absolute Gasteiger partial charge is 0.237 e. The lowest BCUT2D eigenvalue weighted by atomic mass is 9.85. The minimum Gasteiger partial charge on any atom is -0.355 e. The Balaban J connectivity index is 1.32. The van der Waals surface area contributed by atoms with Gasteiger partial charge in [-0.05, 0) is 56.4 Å². The number of hydrogen-bond acceptors (Lipinski definition) is 3. The van der Waals surface area contributed by atoms with Crippen LogP contribution in [0.15, 0.2) is 0 Å². The summed E-state index contributed by atoms with van der Waals surface area (Å²) in [6.07, 6.45) is 8.75. The van der Waals surface area contributed by atoms with Gasteiger partial charge in [0, 0.05) is 25.7 Å². The molecule has 2 aliphatic heterocycles. The van der Waals surface area contributed by atoms with Crippen molar-refractivity contribution < 1.29 is 4.79 Å². The summed E-state index contributed by atoms with van der Waals surface area (Å²) in [4.78, 5) is 14.9. The molecule has 0 aromatic carbocycles. The van der Waals surface area contributed by atoms with E-state index in [4.69, 9.17) is 0 Å². The summed E-state index contributed by atoms with van der Waals surface area (Å²) < 4.78 is 0. The highest BCUT2D eigenvalue weighted by Crippen LogP contribution is 2.33. The van der Waals surface area contributed by atoms with Crippen molar-refractivity contribution in [3.05, 3.63) is 0 Å². The first-order valence-corrected chi connectivity index (χ1v) is 9.88. The number of likely N-dealkylation sites (tertiary alicyclic amines) is 1. The third-order valence-corrected chi connectivity index (χ3v) is 6.07. The van der Waals surface area contributed by atoms with E-state index in [1.165, 1.54) is 45.2 Å². The first kappa shape index (κ1) is 17.2. The van der Waals surface area contributed by atoms with E-state index in [1.54, 1.807) is 0 Å². The summed E-state index contributed by atoms with van der Waals surface area (Å²) in [7, 11) is 0. The molecule has 2 N–H and O–H groups in total. The molecule has 0 radical (unpaired) electrons. The van der Waals surface area contributed by atoms with Gasteiger partial charge in [-0.15, -0.1) is 0 Å². The fourth-order valence-corrected chi connectivity index (χ4v) is 5.13. The monoisotopic (exact) mass is 321 g/mol. The number of hydrogen-bond donors (Lipinski definition) is 2. The number of carbonyl (C=O) groups excluding carboxylic acids is 1. The molecule has 0 aromatic rings. The molecule has 1 saturated carbocycles. The van der Waals surface area contributed by atoms with Crippen molar-refractivity contribution in [1.82, 2.24) is 15.5 Å². The number of carbonyl (C=O) groups is 1. The van der Waals surface area contributed by atoms with E-state index < -0.39 is 0 Å². The molecule has 5 atom stereocenters. The Hall–Kier alpha value is -0.610. The predicted octanol–water partition coefficient (Wildman–Crippen LogP) is 2.39. The topological polar surface area (TPSA) is 44.4 Å². The zero-order chi connectivity index (χ0) is 16.2. The quantitative estimate of drug-likeness (QED) is 0.764. The van der Waals surface area contributed by atoms with Crippen molar-refractivity contribution in [3.63, 3.8) is 0 Å². The van der Waals surface area contributed by atoms with Crippen LogP contribution in [0.1, 0.15) is 58.8 Å². The van der Waals surface area contributed by atoms with E-state index in [2.05, 4.69) is 29.4 Å². The van der Waals surface area contributed by atoms with Crippen LogP contribution in [0.5, 0.6) is 0 Å². The maximum absolute atomic E-state index is 12.4. The largest absolute Gasteiger partial charge is 0.355 e. The van der Waals surface area contributed by atoms with Crippen LogP contribution in [0.3, 0.4) is 0 Å². The van der Waals surface area contributed by atoms with Gasteiger partial charge in [-0.2, -0.15) is 0 Å².